The van der Waals surface area contributed by atoms with Crippen molar-refractivity contribution >= 4 is 81.1 Å². The zero-order valence-corrected chi connectivity index (χ0v) is 34.4. The summed E-state index contributed by atoms with van der Waals surface area (Å²) in [6, 6.07) is 81.6. The fraction of sp³-hybridized carbons (Fsp3) is 0.0169. The summed E-state index contributed by atoms with van der Waals surface area (Å²) in [5, 5.41) is 7.66. The normalized spacial score (nSPS) is 13.3. The molecular weight excluding hydrogens is 769 g/mol. The molecule has 288 valence electrons. The number of fused-ring (bicyclic) bond motifs is 15. The van der Waals surface area contributed by atoms with Gasteiger partial charge in [-0.3, -0.25) is 0 Å². The molecule has 0 saturated heterocycles. The highest BCUT2D eigenvalue weighted by Gasteiger charge is 2.50. The van der Waals surface area contributed by atoms with E-state index in [4.69, 9.17) is 0 Å². The molecule has 0 unspecified atom stereocenters. The predicted octanol–water partition coefficient (Wildman–Crippen LogP) is 16.1. The molecule has 2 heterocycles. The van der Waals surface area contributed by atoms with Gasteiger partial charge in [0.05, 0.1) is 22.1 Å². The molecule has 14 rings (SSSR count). The van der Waals surface area contributed by atoms with Crippen LogP contribution in [-0.2, 0) is 5.41 Å². The molecule has 3 heteroatoms. The fourth-order valence-electron chi connectivity index (χ4n) is 11.4. The van der Waals surface area contributed by atoms with Crippen molar-refractivity contribution in [3.8, 4) is 27.9 Å². The van der Waals surface area contributed by atoms with Gasteiger partial charge < -0.3 is 9.47 Å². The maximum absolute atomic E-state index is 2.48. The Labute approximate surface area is 362 Å². The number of thiophene rings is 1. The van der Waals surface area contributed by atoms with Crippen molar-refractivity contribution < 1.29 is 0 Å². The second kappa shape index (κ2) is 12.7. The van der Waals surface area contributed by atoms with Crippen molar-refractivity contribution in [3.05, 3.63) is 241 Å². The van der Waals surface area contributed by atoms with Crippen LogP contribution in [0.1, 0.15) is 22.3 Å². The molecule has 2 nitrogen and oxygen atoms in total. The Hall–Kier alpha value is -7.72. The monoisotopic (exact) mass is 804 g/mol. The van der Waals surface area contributed by atoms with Gasteiger partial charge in [-0.15, -0.1) is 11.3 Å². The van der Waals surface area contributed by atoms with Crippen LogP contribution in [0.2, 0.25) is 0 Å². The van der Waals surface area contributed by atoms with E-state index in [1.807, 2.05) is 11.3 Å². The number of rotatable bonds is 4. The van der Waals surface area contributed by atoms with Gasteiger partial charge in [-0.25, -0.2) is 0 Å². The molecule has 0 radical (unpaired) electrons. The van der Waals surface area contributed by atoms with Crippen LogP contribution in [0.25, 0.3) is 80.7 Å². The van der Waals surface area contributed by atoms with Gasteiger partial charge in [0.1, 0.15) is 0 Å². The second-order valence-electron chi connectivity index (χ2n) is 16.8. The largest absolute Gasteiger partial charge is 0.310 e. The van der Waals surface area contributed by atoms with Crippen LogP contribution in [0.5, 0.6) is 0 Å². The van der Waals surface area contributed by atoms with Crippen molar-refractivity contribution in [1.82, 2.24) is 4.57 Å². The van der Waals surface area contributed by atoms with E-state index in [0.717, 1.165) is 17.1 Å². The molecule has 2 aliphatic rings. The summed E-state index contributed by atoms with van der Waals surface area (Å²) in [6.45, 7) is 0. The molecule has 12 aromatic rings. The molecule has 0 amide bonds. The molecule has 0 N–H and O–H groups in total. The first-order valence-electron chi connectivity index (χ1n) is 21.4. The van der Waals surface area contributed by atoms with Crippen LogP contribution >= 0.6 is 11.3 Å². The van der Waals surface area contributed by atoms with Gasteiger partial charge in [-0.2, -0.15) is 0 Å². The number of nitrogens with zero attached hydrogens (tertiary/aromatic N) is 2. The molecule has 1 spiro atoms. The predicted molar refractivity (Wildman–Crippen MR) is 262 cm³/mol. The van der Waals surface area contributed by atoms with Gasteiger partial charge in [0, 0.05) is 53.4 Å². The number of hydrogen-bond acceptors (Lipinski definition) is 2. The summed E-state index contributed by atoms with van der Waals surface area (Å²) in [5.41, 5.74) is 17.1. The second-order valence-corrected chi connectivity index (χ2v) is 17.8. The first-order valence-corrected chi connectivity index (χ1v) is 22.2. The van der Waals surface area contributed by atoms with E-state index in [0.29, 0.717) is 0 Å². The van der Waals surface area contributed by atoms with Crippen molar-refractivity contribution in [3.63, 3.8) is 0 Å². The Kier molecular flexibility index (Phi) is 6.95. The molecule has 2 aliphatic carbocycles. The van der Waals surface area contributed by atoms with Crippen molar-refractivity contribution in [1.29, 1.82) is 0 Å². The highest BCUT2D eigenvalue weighted by Crippen LogP contribution is 2.62. The Morgan fingerprint density at radius 1 is 0.355 bits per heavy atom. The summed E-state index contributed by atoms with van der Waals surface area (Å²) in [4.78, 5) is 2.48. The third kappa shape index (κ3) is 4.42. The van der Waals surface area contributed by atoms with Crippen molar-refractivity contribution in [2.45, 2.75) is 5.41 Å². The van der Waals surface area contributed by atoms with E-state index in [2.05, 4.69) is 228 Å². The van der Waals surface area contributed by atoms with Gasteiger partial charge >= 0.3 is 0 Å². The smallest absolute Gasteiger partial charge is 0.0725 e. The fourth-order valence-corrected chi connectivity index (χ4v) is 12.5. The Balaban J connectivity index is 1.04. The molecule has 2 aromatic heterocycles. The lowest BCUT2D eigenvalue weighted by Gasteiger charge is -2.40. The summed E-state index contributed by atoms with van der Waals surface area (Å²) in [7, 11) is 0. The van der Waals surface area contributed by atoms with Gasteiger partial charge in [-0.05, 0) is 104 Å². The third-order valence-electron chi connectivity index (χ3n) is 13.8. The number of hydrogen-bond donors (Lipinski definition) is 0. The summed E-state index contributed by atoms with van der Waals surface area (Å²) in [6.07, 6.45) is 0. The average molecular weight is 805 g/mol. The van der Waals surface area contributed by atoms with Crippen LogP contribution in [0.3, 0.4) is 0 Å². The van der Waals surface area contributed by atoms with Crippen LogP contribution in [0.15, 0.2) is 218 Å². The van der Waals surface area contributed by atoms with E-state index >= 15 is 0 Å². The zero-order chi connectivity index (χ0) is 40.5. The SMILES string of the molecule is c1ccc(N(c2ccc3c4ccccc4n(-c4ccc5c(c4)sc4ccccc45)c3c2)c2ccc3c4c(cccc24)C2(c4ccccc4-c4ccccc42)c2ccccc2-3)cc1. The van der Waals surface area contributed by atoms with Gasteiger partial charge in [0.2, 0.25) is 0 Å². The Bertz CT molecular complexity index is 3790. The van der Waals surface area contributed by atoms with Crippen LogP contribution in [-0.4, -0.2) is 4.57 Å². The van der Waals surface area contributed by atoms with E-state index in [9.17, 15) is 0 Å². The minimum Gasteiger partial charge on any atom is -0.310 e. The van der Waals surface area contributed by atoms with Gasteiger partial charge in [0.25, 0.3) is 0 Å². The zero-order valence-electron chi connectivity index (χ0n) is 33.6. The van der Waals surface area contributed by atoms with Gasteiger partial charge in [0.15, 0.2) is 0 Å². The standard InChI is InChI=1S/C59H36N2S/c1-2-15-37(16-3-1)60(38-29-31-44-43-20-7-12-27-53(43)61(55(44)35-38)39-30-32-46-45-21-8-13-28-56(45)62-57(46)36-39)54-34-33-47-42-19-6-11-25-51(42)59(52-26-14-22-48(54)58(47)52)49-23-9-4-17-40(49)41-18-5-10-24-50(41)59/h1-36H. The Morgan fingerprint density at radius 2 is 0.935 bits per heavy atom. The number of aromatic nitrogens is 1. The Morgan fingerprint density at radius 3 is 1.71 bits per heavy atom. The minimum absolute atomic E-state index is 0.456. The first-order chi connectivity index (χ1) is 30.8. The minimum atomic E-state index is -0.456. The third-order valence-corrected chi connectivity index (χ3v) is 14.9. The lowest BCUT2D eigenvalue weighted by atomic mass is 9.61. The number of para-hydroxylation sites is 2. The van der Waals surface area contributed by atoms with Gasteiger partial charge in [-0.1, -0.05) is 164 Å². The highest BCUT2D eigenvalue weighted by atomic mass is 32.1. The molecule has 0 bridgehead atoms. The average Bonchev–Trinajstić information content (AvgIpc) is 3.97. The van der Waals surface area contributed by atoms with E-state index in [1.54, 1.807) is 0 Å². The van der Waals surface area contributed by atoms with Crippen LogP contribution in [0, 0.1) is 0 Å². The maximum Gasteiger partial charge on any atom is 0.0725 e. The summed E-state index contributed by atoms with van der Waals surface area (Å²) in [5.74, 6) is 0. The molecule has 62 heavy (non-hydrogen) atoms. The first kappa shape index (κ1) is 34.0. The van der Waals surface area contributed by atoms with E-state index in [-0.39, 0.29) is 0 Å². The number of anilines is 3. The lowest BCUT2D eigenvalue weighted by Crippen LogP contribution is -2.31. The van der Waals surface area contributed by atoms with E-state index < -0.39 is 5.41 Å². The van der Waals surface area contributed by atoms with Crippen LogP contribution in [0.4, 0.5) is 17.1 Å². The molecule has 0 atom stereocenters. The quantitative estimate of drug-likeness (QED) is 0.172. The molecule has 0 fully saturated rings. The lowest BCUT2D eigenvalue weighted by molar-refractivity contribution is 0.773. The molecule has 0 aliphatic heterocycles. The maximum atomic E-state index is 2.48. The van der Waals surface area contributed by atoms with Crippen LogP contribution < -0.4 is 4.90 Å². The van der Waals surface area contributed by atoms with Crippen molar-refractivity contribution in [2.75, 3.05) is 4.90 Å². The topological polar surface area (TPSA) is 8.17 Å². The molecule has 10 aromatic carbocycles. The molecule has 0 saturated carbocycles. The summed E-state index contributed by atoms with van der Waals surface area (Å²) < 4.78 is 5.08. The van der Waals surface area contributed by atoms with Crippen molar-refractivity contribution in [2.24, 2.45) is 0 Å². The summed E-state index contributed by atoms with van der Waals surface area (Å²) >= 11 is 1.87. The highest BCUT2D eigenvalue weighted by molar-refractivity contribution is 7.25. The molecular formula is C59H36N2S. The number of benzene rings is 10. The van der Waals surface area contributed by atoms with E-state index in [1.165, 1.54) is 103 Å².